The van der Waals surface area contributed by atoms with Gasteiger partial charge in [0.2, 0.25) is 5.95 Å². The zero-order chi connectivity index (χ0) is 22.9. The molecule has 1 aliphatic heterocycles. The molecule has 0 atom stereocenters. The van der Waals surface area contributed by atoms with Crippen molar-refractivity contribution in [2.75, 3.05) is 42.3 Å². The molecular weight excluding hydrogens is 434 g/mol. The van der Waals surface area contributed by atoms with E-state index < -0.39 is 0 Å². The van der Waals surface area contributed by atoms with Gasteiger partial charge in [0.1, 0.15) is 17.3 Å². The molecule has 2 aliphatic rings. The molecule has 5 heterocycles. The molecule has 4 N–H and O–H groups in total. The minimum atomic E-state index is 0.357. The molecular formula is C23H25N9O2. The highest BCUT2D eigenvalue weighted by Crippen LogP contribution is 2.41. The van der Waals surface area contributed by atoms with Crippen LogP contribution in [0, 0.1) is 0 Å². The zero-order valence-electron chi connectivity index (χ0n) is 18.6. The summed E-state index contributed by atoms with van der Waals surface area (Å²) in [4.78, 5) is 15.8. The summed E-state index contributed by atoms with van der Waals surface area (Å²) in [7, 11) is 0. The summed E-state index contributed by atoms with van der Waals surface area (Å²) in [6.45, 7) is 3.06. The number of nitrogens with two attached hydrogens (primary N) is 1. The summed E-state index contributed by atoms with van der Waals surface area (Å²) in [5, 5.41) is 15.0. The van der Waals surface area contributed by atoms with Crippen LogP contribution >= 0.6 is 0 Å². The van der Waals surface area contributed by atoms with Crippen LogP contribution in [0.4, 0.5) is 17.6 Å². The highest BCUT2D eigenvalue weighted by atomic mass is 16.5. The van der Waals surface area contributed by atoms with Gasteiger partial charge in [-0.05, 0) is 31.0 Å². The fourth-order valence-electron chi connectivity index (χ4n) is 4.06. The van der Waals surface area contributed by atoms with Crippen molar-refractivity contribution < 1.29 is 9.26 Å². The van der Waals surface area contributed by atoms with Crippen molar-refractivity contribution >= 4 is 17.6 Å². The van der Waals surface area contributed by atoms with Crippen molar-refractivity contribution in [3.63, 3.8) is 0 Å². The fraction of sp³-hybridized carbons (Fsp3) is 0.348. The van der Waals surface area contributed by atoms with Crippen LogP contribution in [0.25, 0.3) is 22.6 Å². The van der Waals surface area contributed by atoms with Gasteiger partial charge in [-0.15, -0.1) is 0 Å². The molecule has 0 spiro atoms. The lowest BCUT2D eigenvalue weighted by Gasteiger charge is -2.29. The highest BCUT2D eigenvalue weighted by Gasteiger charge is 2.28. The molecule has 0 radical (unpaired) electrons. The van der Waals surface area contributed by atoms with E-state index in [4.69, 9.17) is 20.0 Å². The second kappa shape index (κ2) is 8.75. The number of nitrogen functional groups attached to an aromatic ring is 1. The molecule has 11 nitrogen and oxygen atoms in total. The van der Waals surface area contributed by atoms with E-state index in [0.717, 1.165) is 41.6 Å². The Labute approximate surface area is 195 Å². The topological polar surface area (TPSA) is 144 Å². The van der Waals surface area contributed by atoms with E-state index in [1.165, 1.54) is 12.8 Å². The number of pyridine rings is 1. The van der Waals surface area contributed by atoms with Gasteiger partial charge >= 0.3 is 0 Å². The highest BCUT2D eigenvalue weighted by molar-refractivity contribution is 5.83. The molecule has 0 amide bonds. The van der Waals surface area contributed by atoms with E-state index in [1.807, 2.05) is 24.3 Å². The molecule has 1 aliphatic carbocycles. The first-order valence-electron chi connectivity index (χ1n) is 11.4. The molecule has 0 unspecified atom stereocenters. The van der Waals surface area contributed by atoms with Gasteiger partial charge in [-0.25, -0.2) is 0 Å². The van der Waals surface area contributed by atoms with E-state index >= 15 is 0 Å². The van der Waals surface area contributed by atoms with Gasteiger partial charge in [-0.2, -0.15) is 15.1 Å². The maximum absolute atomic E-state index is 6.46. The summed E-state index contributed by atoms with van der Waals surface area (Å²) in [6.07, 6.45) is 4.10. The Hall–Kier alpha value is -3.99. The monoisotopic (exact) mass is 459 g/mol. The number of ether oxygens (including phenoxy) is 1. The zero-order valence-corrected chi connectivity index (χ0v) is 18.6. The second-order valence-corrected chi connectivity index (χ2v) is 8.46. The molecule has 174 valence electrons. The van der Waals surface area contributed by atoms with Crippen LogP contribution < -0.4 is 16.0 Å². The minimum absolute atomic E-state index is 0.357. The molecule has 0 aromatic carbocycles. The number of hydrogen-bond acceptors (Lipinski definition) is 10. The number of aromatic nitrogens is 6. The standard InChI is InChI=1S/C23H25N9O2/c24-21-20(19-12-17(29-30-19)14-4-5-14)22(32-7-9-33-10-8-32)28-23(27-21)26-13-15-11-18(31-34-15)16-3-1-2-6-25-16/h1-3,6,11-12,14H,4-5,7-10,13H2,(H,29,30)(H3,24,26,27,28). The Morgan fingerprint density at radius 3 is 2.76 bits per heavy atom. The van der Waals surface area contributed by atoms with Crippen molar-refractivity contribution in [2.45, 2.75) is 25.3 Å². The maximum atomic E-state index is 6.46. The SMILES string of the molecule is Nc1nc(NCc2cc(-c3ccccn3)no2)nc(N2CCOCC2)c1-c1cc(C2CC2)[nH]n1. The molecule has 1 saturated heterocycles. The largest absolute Gasteiger partial charge is 0.383 e. The van der Waals surface area contributed by atoms with Crippen molar-refractivity contribution in [1.29, 1.82) is 0 Å². The Bertz CT molecular complexity index is 1280. The van der Waals surface area contributed by atoms with Crippen molar-refractivity contribution in [2.24, 2.45) is 0 Å². The van der Waals surface area contributed by atoms with Gasteiger partial charge < -0.3 is 25.2 Å². The first-order chi connectivity index (χ1) is 16.7. The number of anilines is 3. The number of morpholine rings is 1. The van der Waals surface area contributed by atoms with Gasteiger partial charge in [0.25, 0.3) is 0 Å². The van der Waals surface area contributed by atoms with E-state index in [0.29, 0.717) is 48.9 Å². The van der Waals surface area contributed by atoms with E-state index in [1.54, 1.807) is 6.20 Å². The lowest BCUT2D eigenvalue weighted by atomic mass is 10.1. The predicted octanol–water partition coefficient (Wildman–Crippen LogP) is 2.83. The predicted molar refractivity (Wildman–Crippen MR) is 126 cm³/mol. The molecule has 1 saturated carbocycles. The lowest BCUT2D eigenvalue weighted by Crippen LogP contribution is -2.37. The molecule has 6 rings (SSSR count). The van der Waals surface area contributed by atoms with Gasteiger partial charge in [0.05, 0.1) is 36.7 Å². The number of nitrogens with one attached hydrogen (secondary N) is 2. The van der Waals surface area contributed by atoms with Crippen molar-refractivity contribution in [1.82, 2.24) is 30.3 Å². The number of hydrogen-bond donors (Lipinski definition) is 3. The van der Waals surface area contributed by atoms with Gasteiger partial charge in [0.15, 0.2) is 5.76 Å². The maximum Gasteiger partial charge on any atom is 0.227 e. The first-order valence-corrected chi connectivity index (χ1v) is 11.4. The molecule has 4 aromatic heterocycles. The Kier molecular flexibility index (Phi) is 5.30. The average Bonchev–Trinajstić information content (AvgIpc) is 3.42. The van der Waals surface area contributed by atoms with Crippen LogP contribution in [0.1, 0.15) is 30.2 Å². The van der Waals surface area contributed by atoms with E-state index in [-0.39, 0.29) is 0 Å². The van der Waals surface area contributed by atoms with Crippen LogP contribution in [0.2, 0.25) is 0 Å². The number of rotatable bonds is 7. The quantitative estimate of drug-likeness (QED) is 0.377. The van der Waals surface area contributed by atoms with Crippen LogP contribution in [0.15, 0.2) is 41.1 Å². The Balaban J connectivity index is 1.27. The van der Waals surface area contributed by atoms with Crippen LogP contribution in [-0.2, 0) is 11.3 Å². The third-order valence-electron chi connectivity index (χ3n) is 6.01. The summed E-state index contributed by atoms with van der Waals surface area (Å²) < 4.78 is 11.0. The first kappa shape index (κ1) is 20.6. The summed E-state index contributed by atoms with van der Waals surface area (Å²) >= 11 is 0. The Morgan fingerprint density at radius 1 is 1.09 bits per heavy atom. The third kappa shape index (κ3) is 4.17. The molecule has 4 aromatic rings. The molecule has 0 bridgehead atoms. The van der Waals surface area contributed by atoms with Crippen molar-refractivity contribution in [3.8, 4) is 22.6 Å². The smallest absolute Gasteiger partial charge is 0.227 e. The minimum Gasteiger partial charge on any atom is -0.383 e. The van der Waals surface area contributed by atoms with E-state index in [9.17, 15) is 0 Å². The second-order valence-electron chi connectivity index (χ2n) is 8.46. The molecule has 11 heteroatoms. The molecule has 34 heavy (non-hydrogen) atoms. The third-order valence-corrected chi connectivity index (χ3v) is 6.01. The van der Waals surface area contributed by atoms with Crippen LogP contribution in [0.5, 0.6) is 0 Å². The molecule has 2 fully saturated rings. The number of nitrogens with zero attached hydrogens (tertiary/aromatic N) is 6. The number of H-pyrrole nitrogens is 1. The summed E-state index contributed by atoms with van der Waals surface area (Å²) in [5.41, 5.74) is 10.5. The Morgan fingerprint density at radius 2 is 1.97 bits per heavy atom. The van der Waals surface area contributed by atoms with Crippen molar-refractivity contribution in [3.05, 3.63) is 48.0 Å². The lowest BCUT2D eigenvalue weighted by molar-refractivity contribution is 0.122. The van der Waals surface area contributed by atoms with Gasteiger partial charge in [0, 0.05) is 37.0 Å². The summed E-state index contributed by atoms with van der Waals surface area (Å²) in [5.74, 6) is 2.74. The van der Waals surface area contributed by atoms with Crippen LogP contribution in [0.3, 0.4) is 0 Å². The average molecular weight is 460 g/mol. The van der Waals surface area contributed by atoms with E-state index in [2.05, 4.69) is 41.6 Å². The van der Waals surface area contributed by atoms with Crippen LogP contribution in [-0.4, -0.2) is 56.6 Å². The van der Waals surface area contributed by atoms with Gasteiger partial charge in [-0.3, -0.25) is 10.1 Å². The fourth-order valence-corrected chi connectivity index (χ4v) is 4.06. The normalized spacial score (nSPS) is 16.1. The van der Waals surface area contributed by atoms with Gasteiger partial charge in [-0.1, -0.05) is 11.2 Å². The summed E-state index contributed by atoms with van der Waals surface area (Å²) in [6, 6.07) is 9.57. The number of aromatic amines is 1.